The van der Waals surface area contributed by atoms with Crippen LogP contribution in [-0.2, 0) is 20.4 Å². The van der Waals surface area contributed by atoms with Crippen LogP contribution in [0.5, 0.6) is 0 Å². The summed E-state index contributed by atoms with van der Waals surface area (Å²) >= 11 is 2.89. The average molecular weight is 355 g/mol. The zero-order chi connectivity index (χ0) is 15.3. The fraction of sp³-hybridized carbons (Fsp3) is 0.333. The van der Waals surface area contributed by atoms with Crippen molar-refractivity contribution in [3.8, 4) is 0 Å². The van der Waals surface area contributed by atoms with Crippen molar-refractivity contribution in [2.75, 3.05) is 13.2 Å². The second-order valence-corrected chi connectivity index (χ2v) is 4.48. The molecule has 0 N–H and O–H groups in total. The van der Waals surface area contributed by atoms with E-state index in [0.29, 0.717) is 0 Å². The van der Waals surface area contributed by atoms with Gasteiger partial charge in [-0.25, -0.2) is 9.59 Å². The molecule has 110 valence electrons. The summed E-state index contributed by atoms with van der Waals surface area (Å²) in [6.07, 6.45) is -4.71. The summed E-state index contributed by atoms with van der Waals surface area (Å²) in [4.78, 5) is 22.6. The van der Waals surface area contributed by atoms with E-state index in [4.69, 9.17) is 0 Å². The first-order valence-corrected chi connectivity index (χ1v) is 6.24. The van der Waals surface area contributed by atoms with Gasteiger partial charge in [-0.2, -0.15) is 13.2 Å². The van der Waals surface area contributed by atoms with E-state index < -0.39 is 35.8 Å². The Bertz CT molecular complexity index is 514. The summed E-state index contributed by atoms with van der Waals surface area (Å²) in [6.45, 7) is 0.901. The number of ether oxygens (including phenoxy) is 2. The van der Waals surface area contributed by atoms with E-state index in [9.17, 15) is 22.8 Å². The van der Waals surface area contributed by atoms with Gasteiger partial charge in [0.05, 0.1) is 17.7 Å². The van der Waals surface area contributed by atoms with Crippen molar-refractivity contribution in [1.82, 2.24) is 0 Å². The molecule has 1 aromatic rings. The molecule has 0 unspecified atom stereocenters. The van der Waals surface area contributed by atoms with Gasteiger partial charge in [0.15, 0.2) is 6.61 Å². The molecule has 8 heteroatoms. The molecule has 0 aliphatic rings. The van der Waals surface area contributed by atoms with Crippen molar-refractivity contribution in [3.05, 3.63) is 33.8 Å². The second kappa shape index (κ2) is 6.74. The number of benzene rings is 1. The van der Waals surface area contributed by atoms with Crippen LogP contribution < -0.4 is 0 Å². The third-order valence-electron chi connectivity index (χ3n) is 2.13. The highest BCUT2D eigenvalue weighted by atomic mass is 79.9. The Morgan fingerprint density at radius 1 is 1.25 bits per heavy atom. The van der Waals surface area contributed by atoms with Crippen LogP contribution in [0.25, 0.3) is 0 Å². The van der Waals surface area contributed by atoms with Gasteiger partial charge < -0.3 is 9.47 Å². The third kappa shape index (κ3) is 4.52. The molecule has 0 atom stereocenters. The first kappa shape index (κ1) is 16.5. The number of hydrogen-bond acceptors (Lipinski definition) is 4. The van der Waals surface area contributed by atoms with Gasteiger partial charge in [-0.05, 0) is 25.1 Å². The van der Waals surface area contributed by atoms with Crippen molar-refractivity contribution in [2.45, 2.75) is 13.1 Å². The molecular formula is C12H10BrF3O4. The van der Waals surface area contributed by atoms with E-state index in [1.54, 1.807) is 6.92 Å². The predicted molar refractivity (Wildman–Crippen MR) is 66.1 cm³/mol. The highest BCUT2D eigenvalue weighted by Crippen LogP contribution is 2.34. The fourth-order valence-corrected chi connectivity index (χ4v) is 1.69. The first-order valence-electron chi connectivity index (χ1n) is 5.45. The molecule has 1 rings (SSSR count). The molecule has 20 heavy (non-hydrogen) atoms. The summed E-state index contributed by atoms with van der Waals surface area (Å²) < 4.78 is 47.5. The van der Waals surface area contributed by atoms with Crippen LogP contribution in [0.2, 0.25) is 0 Å². The highest BCUT2D eigenvalue weighted by Gasteiger charge is 2.36. The zero-order valence-corrected chi connectivity index (χ0v) is 11.9. The topological polar surface area (TPSA) is 52.6 Å². The molecule has 0 bridgehead atoms. The molecule has 0 saturated heterocycles. The van der Waals surface area contributed by atoms with E-state index in [0.717, 1.165) is 12.1 Å². The number of esters is 2. The summed E-state index contributed by atoms with van der Waals surface area (Å²) in [5.41, 5.74) is -1.80. The highest BCUT2D eigenvalue weighted by molar-refractivity contribution is 9.10. The van der Waals surface area contributed by atoms with Gasteiger partial charge in [0.1, 0.15) is 0 Å². The quantitative estimate of drug-likeness (QED) is 0.779. The lowest BCUT2D eigenvalue weighted by Crippen LogP contribution is -2.19. The van der Waals surface area contributed by atoms with Crippen LogP contribution in [0.4, 0.5) is 13.2 Å². The Kier molecular flexibility index (Phi) is 5.55. The van der Waals surface area contributed by atoms with Crippen LogP contribution in [-0.4, -0.2) is 25.2 Å². The van der Waals surface area contributed by atoms with Crippen LogP contribution in [0.15, 0.2) is 22.7 Å². The monoisotopic (exact) mass is 354 g/mol. The number of halogens is 4. The van der Waals surface area contributed by atoms with Gasteiger partial charge in [0, 0.05) is 4.47 Å². The normalized spacial score (nSPS) is 11.1. The second-order valence-electron chi connectivity index (χ2n) is 3.57. The van der Waals surface area contributed by atoms with E-state index in [1.165, 1.54) is 6.07 Å². The average Bonchev–Trinajstić information content (AvgIpc) is 2.35. The molecule has 0 fully saturated rings. The summed E-state index contributed by atoms with van der Waals surface area (Å²) in [5.74, 6) is -2.07. The lowest BCUT2D eigenvalue weighted by Gasteiger charge is -2.12. The van der Waals surface area contributed by atoms with E-state index in [-0.39, 0.29) is 11.1 Å². The molecule has 0 saturated carbocycles. The van der Waals surface area contributed by atoms with Crippen molar-refractivity contribution < 1.29 is 32.2 Å². The summed E-state index contributed by atoms with van der Waals surface area (Å²) in [5, 5.41) is 0. The first-order chi connectivity index (χ1) is 9.25. The van der Waals surface area contributed by atoms with Crippen molar-refractivity contribution >= 4 is 27.9 Å². The van der Waals surface area contributed by atoms with Gasteiger partial charge in [-0.15, -0.1) is 0 Å². The van der Waals surface area contributed by atoms with Crippen LogP contribution in [0, 0.1) is 0 Å². The number of rotatable bonds is 4. The van der Waals surface area contributed by atoms with Crippen LogP contribution >= 0.6 is 15.9 Å². The fourth-order valence-electron chi connectivity index (χ4n) is 1.33. The Hall–Kier alpha value is -1.57. The maximum absolute atomic E-state index is 12.8. The van der Waals surface area contributed by atoms with E-state index in [1.807, 2.05) is 0 Å². The van der Waals surface area contributed by atoms with Gasteiger partial charge in [0.25, 0.3) is 0 Å². The molecule has 1 aromatic carbocycles. The summed E-state index contributed by atoms with van der Waals surface area (Å²) in [7, 11) is 0. The lowest BCUT2D eigenvalue weighted by molar-refractivity contribution is -0.146. The maximum atomic E-state index is 12.8. The molecule has 0 aliphatic heterocycles. The van der Waals surface area contributed by atoms with Gasteiger partial charge in [0.2, 0.25) is 0 Å². The van der Waals surface area contributed by atoms with Crippen LogP contribution in [0.1, 0.15) is 22.8 Å². The largest absolute Gasteiger partial charge is 0.463 e. The minimum atomic E-state index is -4.71. The number of carbonyl (C=O) groups excluding carboxylic acids is 2. The Labute approximate surface area is 121 Å². The number of alkyl halides is 3. The van der Waals surface area contributed by atoms with Crippen molar-refractivity contribution in [1.29, 1.82) is 0 Å². The molecule has 0 amide bonds. The number of hydrogen-bond donors (Lipinski definition) is 0. The number of carbonyl (C=O) groups is 2. The van der Waals surface area contributed by atoms with Crippen LogP contribution in [0.3, 0.4) is 0 Å². The summed E-state index contributed by atoms with van der Waals surface area (Å²) in [6, 6.07) is 3.01. The lowest BCUT2D eigenvalue weighted by atomic mass is 10.1. The molecule has 0 radical (unpaired) electrons. The standard InChI is InChI=1S/C12H10BrF3O4/c1-2-19-10(17)6-20-11(18)8-4-3-7(13)5-9(8)12(14,15)16/h3-5H,2,6H2,1H3. The van der Waals surface area contributed by atoms with E-state index in [2.05, 4.69) is 25.4 Å². The van der Waals surface area contributed by atoms with Gasteiger partial charge >= 0.3 is 18.1 Å². The van der Waals surface area contributed by atoms with Gasteiger partial charge in [-0.3, -0.25) is 0 Å². The molecule has 0 aliphatic carbocycles. The minimum Gasteiger partial charge on any atom is -0.463 e. The Balaban J connectivity index is 2.91. The van der Waals surface area contributed by atoms with Crippen molar-refractivity contribution in [2.24, 2.45) is 0 Å². The molecule has 0 heterocycles. The Morgan fingerprint density at radius 3 is 2.45 bits per heavy atom. The maximum Gasteiger partial charge on any atom is 0.417 e. The molecule has 0 aromatic heterocycles. The molecule has 0 spiro atoms. The van der Waals surface area contributed by atoms with E-state index >= 15 is 0 Å². The SMILES string of the molecule is CCOC(=O)COC(=O)c1ccc(Br)cc1C(F)(F)F. The molecular weight excluding hydrogens is 345 g/mol. The Morgan fingerprint density at radius 2 is 1.90 bits per heavy atom. The molecule has 4 nitrogen and oxygen atoms in total. The predicted octanol–water partition coefficient (Wildman–Crippen LogP) is 3.19. The smallest absolute Gasteiger partial charge is 0.417 e. The zero-order valence-electron chi connectivity index (χ0n) is 10.3. The van der Waals surface area contributed by atoms with Crippen molar-refractivity contribution in [3.63, 3.8) is 0 Å². The minimum absolute atomic E-state index is 0.0858. The van der Waals surface area contributed by atoms with Gasteiger partial charge in [-0.1, -0.05) is 15.9 Å². The third-order valence-corrected chi connectivity index (χ3v) is 2.63.